The molecule has 1 aliphatic carbocycles. The second-order valence-electron chi connectivity index (χ2n) is 12.3. The monoisotopic (exact) mass is 563 g/mol. The van der Waals surface area contributed by atoms with Crippen LogP contribution in [-0.2, 0) is 5.41 Å². The van der Waals surface area contributed by atoms with Crippen molar-refractivity contribution in [2.45, 2.75) is 19.3 Å². The van der Waals surface area contributed by atoms with E-state index in [4.69, 9.17) is 0 Å². The van der Waals surface area contributed by atoms with E-state index >= 15 is 0 Å². The van der Waals surface area contributed by atoms with Crippen LogP contribution in [0.4, 0.5) is 17.1 Å². The average Bonchev–Trinajstić information content (AvgIpc) is 3.31. The van der Waals surface area contributed by atoms with Gasteiger partial charge in [-0.2, -0.15) is 0 Å². The molecule has 1 nitrogen and oxygen atoms in total. The third-order valence-corrected chi connectivity index (χ3v) is 9.25. The SMILES string of the molecule is CC1(C)c2ccccc2-c2ccc(N(c3ccc(-c4ccc5ccccc5c4)cc3)c3cccc(-c4ccccc4)c3)cc21. The predicted molar refractivity (Wildman–Crippen MR) is 187 cm³/mol. The Bertz CT molecular complexity index is 2140. The van der Waals surface area contributed by atoms with E-state index in [0.29, 0.717) is 0 Å². The zero-order valence-electron chi connectivity index (χ0n) is 25.0. The van der Waals surface area contributed by atoms with E-state index in [1.165, 1.54) is 55.3 Å². The fraction of sp³-hybridized carbons (Fsp3) is 0.0698. The van der Waals surface area contributed by atoms with Gasteiger partial charge in [0, 0.05) is 22.5 Å². The van der Waals surface area contributed by atoms with E-state index in [0.717, 1.165) is 17.1 Å². The summed E-state index contributed by atoms with van der Waals surface area (Å²) in [5.41, 5.74) is 13.7. The average molecular weight is 564 g/mol. The lowest BCUT2D eigenvalue weighted by molar-refractivity contribution is 0.660. The molecule has 7 aromatic rings. The van der Waals surface area contributed by atoms with Crippen LogP contribution < -0.4 is 4.90 Å². The van der Waals surface area contributed by atoms with E-state index < -0.39 is 0 Å². The third kappa shape index (κ3) is 4.41. The van der Waals surface area contributed by atoms with E-state index in [1.807, 2.05) is 0 Å². The predicted octanol–water partition coefficient (Wildman–Crippen LogP) is 11.9. The van der Waals surface area contributed by atoms with E-state index in [1.54, 1.807) is 0 Å². The molecule has 0 saturated heterocycles. The van der Waals surface area contributed by atoms with Crippen LogP contribution in [0.3, 0.4) is 0 Å². The van der Waals surface area contributed by atoms with Crippen molar-refractivity contribution in [1.29, 1.82) is 0 Å². The van der Waals surface area contributed by atoms with Crippen LogP contribution in [0.1, 0.15) is 25.0 Å². The van der Waals surface area contributed by atoms with Crippen LogP contribution in [-0.4, -0.2) is 0 Å². The van der Waals surface area contributed by atoms with Gasteiger partial charge in [-0.1, -0.05) is 135 Å². The number of rotatable bonds is 5. The Morgan fingerprint density at radius 3 is 1.80 bits per heavy atom. The van der Waals surface area contributed by atoms with Gasteiger partial charge in [-0.05, 0) is 97.7 Å². The quantitative estimate of drug-likeness (QED) is 0.201. The van der Waals surface area contributed by atoms with Gasteiger partial charge in [0.05, 0.1) is 0 Å². The van der Waals surface area contributed by atoms with Crippen molar-refractivity contribution in [2.24, 2.45) is 0 Å². The van der Waals surface area contributed by atoms with Crippen LogP contribution in [0.25, 0.3) is 44.2 Å². The summed E-state index contributed by atoms with van der Waals surface area (Å²) in [7, 11) is 0. The van der Waals surface area contributed by atoms with Gasteiger partial charge in [-0.25, -0.2) is 0 Å². The molecule has 0 fully saturated rings. The molecule has 210 valence electrons. The van der Waals surface area contributed by atoms with E-state index in [9.17, 15) is 0 Å². The molecule has 0 amide bonds. The summed E-state index contributed by atoms with van der Waals surface area (Å²) in [5.74, 6) is 0. The zero-order valence-corrected chi connectivity index (χ0v) is 25.0. The van der Waals surface area contributed by atoms with Gasteiger partial charge in [0.15, 0.2) is 0 Å². The van der Waals surface area contributed by atoms with Gasteiger partial charge < -0.3 is 4.90 Å². The second-order valence-corrected chi connectivity index (χ2v) is 12.3. The Morgan fingerprint density at radius 1 is 0.364 bits per heavy atom. The lowest BCUT2D eigenvalue weighted by Gasteiger charge is -2.28. The molecule has 1 aliphatic rings. The molecule has 0 spiro atoms. The summed E-state index contributed by atoms with van der Waals surface area (Å²) in [6, 6.07) is 59.6. The summed E-state index contributed by atoms with van der Waals surface area (Å²) >= 11 is 0. The summed E-state index contributed by atoms with van der Waals surface area (Å²) in [5, 5.41) is 2.52. The van der Waals surface area contributed by atoms with Crippen molar-refractivity contribution in [3.05, 3.63) is 175 Å². The fourth-order valence-corrected chi connectivity index (χ4v) is 6.91. The van der Waals surface area contributed by atoms with Crippen LogP contribution >= 0.6 is 0 Å². The number of nitrogens with zero attached hydrogens (tertiary/aromatic N) is 1. The number of benzene rings is 7. The topological polar surface area (TPSA) is 3.24 Å². The Kier molecular flexibility index (Phi) is 6.20. The van der Waals surface area contributed by atoms with Crippen LogP contribution in [0.15, 0.2) is 164 Å². The van der Waals surface area contributed by atoms with Crippen LogP contribution in [0.2, 0.25) is 0 Å². The smallest absolute Gasteiger partial charge is 0.0467 e. The first kappa shape index (κ1) is 26.2. The minimum Gasteiger partial charge on any atom is -0.310 e. The number of fused-ring (bicyclic) bond motifs is 4. The molecule has 1 heteroatoms. The van der Waals surface area contributed by atoms with Gasteiger partial charge in [-0.15, -0.1) is 0 Å². The van der Waals surface area contributed by atoms with Crippen molar-refractivity contribution >= 4 is 27.8 Å². The van der Waals surface area contributed by atoms with Crippen molar-refractivity contribution in [3.63, 3.8) is 0 Å². The molecular formula is C43H33N. The number of hydrogen-bond acceptors (Lipinski definition) is 1. The highest BCUT2D eigenvalue weighted by atomic mass is 15.1. The molecule has 0 saturated carbocycles. The standard InChI is InChI=1S/C43H33N/c1-43(2)41-18-9-8-17-39(41)40-26-25-38(29-42(40)43)44(37-16-10-15-34(28-37)30-11-4-3-5-12-30)36-23-21-32(22-24-36)35-20-19-31-13-6-7-14-33(31)27-35/h3-29H,1-2H3. The molecule has 0 aromatic heterocycles. The minimum atomic E-state index is -0.0700. The highest BCUT2D eigenvalue weighted by Gasteiger charge is 2.35. The molecular weight excluding hydrogens is 530 g/mol. The van der Waals surface area contributed by atoms with Crippen LogP contribution in [0.5, 0.6) is 0 Å². The van der Waals surface area contributed by atoms with Gasteiger partial charge >= 0.3 is 0 Å². The first-order chi connectivity index (χ1) is 21.6. The summed E-state index contributed by atoms with van der Waals surface area (Å²) in [6.07, 6.45) is 0. The number of hydrogen-bond donors (Lipinski definition) is 0. The Morgan fingerprint density at radius 2 is 0.955 bits per heavy atom. The maximum absolute atomic E-state index is 2.40. The second kappa shape index (κ2) is 10.4. The fourth-order valence-electron chi connectivity index (χ4n) is 6.91. The molecule has 0 atom stereocenters. The van der Waals surface area contributed by atoms with E-state index in [-0.39, 0.29) is 5.41 Å². The first-order valence-electron chi connectivity index (χ1n) is 15.4. The molecule has 0 unspecified atom stereocenters. The van der Waals surface area contributed by atoms with Crippen molar-refractivity contribution in [2.75, 3.05) is 4.90 Å². The molecule has 7 aromatic carbocycles. The Labute approximate surface area is 259 Å². The lowest BCUT2D eigenvalue weighted by atomic mass is 9.82. The highest BCUT2D eigenvalue weighted by Crippen LogP contribution is 2.50. The molecule has 0 N–H and O–H groups in total. The Balaban J connectivity index is 1.25. The zero-order chi connectivity index (χ0) is 29.7. The minimum absolute atomic E-state index is 0.0700. The molecule has 0 bridgehead atoms. The third-order valence-electron chi connectivity index (χ3n) is 9.25. The first-order valence-corrected chi connectivity index (χ1v) is 15.4. The summed E-state index contributed by atoms with van der Waals surface area (Å²) in [4.78, 5) is 2.40. The van der Waals surface area contributed by atoms with Gasteiger partial charge in [0.2, 0.25) is 0 Å². The lowest BCUT2D eigenvalue weighted by Crippen LogP contribution is -2.16. The van der Waals surface area contributed by atoms with E-state index in [2.05, 4.69) is 183 Å². The molecule has 8 rings (SSSR count). The van der Waals surface area contributed by atoms with Crippen molar-refractivity contribution < 1.29 is 0 Å². The van der Waals surface area contributed by atoms with Crippen LogP contribution in [0, 0.1) is 0 Å². The number of anilines is 3. The maximum Gasteiger partial charge on any atom is 0.0467 e. The molecule has 0 heterocycles. The largest absolute Gasteiger partial charge is 0.310 e. The van der Waals surface area contributed by atoms with Gasteiger partial charge in [0.1, 0.15) is 0 Å². The summed E-state index contributed by atoms with van der Waals surface area (Å²) in [6.45, 7) is 4.69. The summed E-state index contributed by atoms with van der Waals surface area (Å²) < 4.78 is 0. The van der Waals surface area contributed by atoms with Gasteiger partial charge in [-0.3, -0.25) is 0 Å². The normalized spacial score (nSPS) is 13.0. The maximum atomic E-state index is 2.40. The van der Waals surface area contributed by atoms with Crippen molar-refractivity contribution in [1.82, 2.24) is 0 Å². The molecule has 0 radical (unpaired) electrons. The van der Waals surface area contributed by atoms with Gasteiger partial charge in [0.25, 0.3) is 0 Å². The van der Waals surface area contributed by atoms with Crippen molar-refractivity contribution in [3.8, 4) is 33.4 Å². The molecule has 0 aliphatic heterocycles. The Hall–Kier alpha value is -5.40. The highest BCUT2D eigenvalue weighted by molar-refractivity contribution is 5.89. The molecule has 44 heavy (non-hydrogen) atoms.